The Kier molecular flexibility index (Phi) is 10.1. The number of aryl methyl sites for hydroxylation is 1. The summed E-state index contributed by atoms with van der Waals surface area (Å²) < 4.78 is 13.4. The summed E-state index contributed by atoms with van der Waals surface area (Å²) in [6.45, 7) is 2.12. The molecule has 0 radical (unpaired) electrons. The van der Waals surface area contributed by atoms with E-state index in [-0.39, 0.29) is 24.1 Å². The van der Waals surface area contributed by atoms with E-state index in [0.29, 0.717) is 37.7 Å². The molecule has 1 heterocycles. The molecular formula is C34H38FNO6. The topological polar surface area (TPSA) is 115 Å². The Labute approximate surface area is 245 Å². The number of β-lactam (4-membered cyclic amide) rings is 1. The molecule has 7 nitrogen and oxygen atoms in total. The van der Waals surface area contributed by atoms with Gasteiger partial charge in [-0.2, -0.15) is 0 Å². The van der Waals surface area contributed by atoms with Crippen molar-refractivity contribution in [1.82, 2.24) is 0 Å². The second-order valence-electron chi connectivity index (χ2n) is 11.1. The summed E-state index contributed by atoms with van der Waals surface area (Å²) in [6.07, 6.45) is 13.3. The van der Waals surface area contributed by atoms with Crippen molar-refractivity contribution in [2.75, 3.05) is 4.90 Å². The molecule has 3 N–H and O–H groups in total. The Hall–Kier alpha value is -4.04. The first-order chi connectivity index (χ1) is 20.2. The van der Waals surface area contributed by atoms with Crippen LogP contribution >= 0.6 is 0 Å². The van der Waals surface area contributed by atoms with Gasteiger partial charge in [0.25, 0.3) is 0 Å². The maximum absolute atomic E-state index is 13.6. The summed E-state index contributed by atoms with van der Waals surface area (Å²) in [5.74, 6) is -4.85. The van der Waals surface area contributed by atoms with E-state index in [4.69, 9.17) is 10.2 Å². The van der Waals surface area contributed by atoms with Gasteiger partial charge in [0.2, 0.25) is 5.91 Å². The number of halogens is 1. The number of aliphatic hydroxyl groups is 1. The van der Waals surface area contributed by atoms with Crippen LogP contribution in [0.3, 0.4) is 0 Å². The monoisotopic (exact) mass is 575 g/mol. The Morgan fingerprint density at radius 2 is 1.71 bits per heavy atom. The average Bonchev–Trinajstić information content (AvgIpc) is 2.94. The van der Waals surface area contributed by atoms with Crippen LogP contribution in [0, 0.1) is 17.7 Å². The number of aliphatic hydroxyl groups excluding tert-OH is 1. The molecule has 1 aliphatic heterocycles. The molecule has 0 unspecified atom stereocenters. The van der Waals surface area contributed by atoms with Crippen LogP contribution in [0.5, 0.6) is 0 Å². The molecule has 1 saturated heterocycles. The molecule has 2 aliphatic rings. The smallest absolute Gasteiger partial charge is 0.317 e. The molecule has 222 valence electrons. The molecule has 2 aromatic carbocycles. The number of carboxylic acid groups (broad SMARTS) is 2. The number of hydrogen-bond donors (Lipinski definition) is 3. The van der Waals surface area contributed by atoms with E-state index >= 15 is 0 Å². The van der Waals surface area contributed by atoms with Crippen molar-refractivity contribution in [3.63, 3.8) is 0 Å². The first kappa shape index (κ1) is 30.9. The van der Waals surface area contributed by atoms with Gasteiger partial charge in [-0.3, -0.25) is 14.4 Å². The van der Waals surface area contributed by atoms with Gasteiger partial charge in [-0.1, -0.05) is 68.0 Å². The first-order valence-electron chi connectivity index (χ1n) is 14.5. The second-order valence-corrected chi connectivity index (χ2v) is 11.1. The van der Waals surface area contributed by atoms with E-state index in [9.17, 15) is 23.9 Å². The Morgan fingerprint density at radius 1 is 1.02 bits per heavy atom. The van der Waals surface area contributed by atoms with Crippen molar-refractivity contribution in [1.29, 1.82) is 0 Å². The first-order valence-corrected chi connectivity index (χ1v) is 14.5. The minimum atomic E-state index is -1.42. The third-order valence-corrected chi connectivity index (χ3v) is 8.28. The Bertz CT molecular complexity index is 1350. The third kappa shape index (κ3) is 6.87. The molecule has 4 rings (SSSR count). The summed E-state index contributed by atoms with van der Waals surface area (Å²) in [7, 11) is 0. The van der Waals surface area contributed by atoms with Gasteiger partial charge in [-0.05, 0) is 85.9 Å². The van der Waals surface area contributed by atoms with Crippen molar-refractivity contribution in [2.45, 2.75) is 69.9 Å². The van der Waals surface area contributed by atoms with E-state index in [1.807, 2.05) is 59.5 Å². The predicted molar refractivity (Wildman–Crippen MR) is 158 cm³/mol. The van der Waals surface area contributed by atoms with Crippen LogP contribution in [0.2, 0.25) is 0 Å². The summed E-state index contributed by atoms with van der Waals surface area (Å²) in [6, 6.07) is 13.8. The number of aliphatic carboxylic acids is 2. The van der Waals surface area contributed by atoms with Gasteiger partial charge in [-0.15, -0.1) is 0 Å². The quantitative estimate of drug-likeness (QED) is 0.188. The Balaban J connectivity index is 1.54. The third-order valence-electron chi connectivity index (χ3n) is 8.28. The fourth-order valence-corrected chi connectivity index (χ4v) is 6.00. The van der Waals surface area contributed by atoms with E-state index in [2.05, 4.69) is 6.92 Å². The van der Waals surface area contributed by atoms with Crippen LogP contribution in [0.1, 0.15) is 69.1 Å². The molecule has 1 amide bonds. The highest BCUT2D eigenvalue weighted by atomic mass is 19.1. The number of carbonyl (C=O) groups excluding carboxylic acids is 1. The number of carbonyl (C=O) groups is 3. The molecule has 3 atom stereocenters. The molecule has 0 bridgehead atoms. The highest BCUT2D eigenvalue weighted by Crippen LogP contribution is 2.49. The van der Waals surface area contributed by atoms with Gasteiger partial charge in [0.1, 0.15) is 5.82 Å². The number of rotatable bonds is 13. The zero-order valence-electron chi connectivity index (χ0n) is 23.8. The predicted octanol–water partition coefficient (Wildman–Crippen LogP) is 6.39. The molecule has 1 fully saturated rings. The standard InChI is InChI=1S/C34H38FNO6/c1-2-6-23-11-17-27(18-12-23)36-31(38)29(19-20-30(37)25-13-15-26(35)16-14-25)34(36)21-4-8-24(9-5-22-34)7-3-10-28(32(39)40)33(41)42/h4-5,8-9,11-18,21,28-30,37H,2-3,6-7,10,19-20,22H2,1H3,(H,39,40)(H,41,42)/t29-,30-,34+/m0/s1. The number of allylic oxidation sites excluding steroid dienone is 4. The van der Waals surface area contributed by atoms with Crippen LogP contribution < -0.4 is 4.90 Å². The molecule has 1 aliphatic carbocycles. The number of hydrogen-bond acceptors (Lipinski definition) is 4. The van der Waals surface area contributed by atoms with Crippen molar-refractivity contribution in [2.24, 2.45) is 11.8 Å². The molecule has 1 spiro atoms. The molecule has 2 aromatic rings. The molecule has 0 aromatic heterocycles. The van der Waals surface area contributed by atoms with E-state index in [1.165, 1.54) is 17.7 Å². The van der Waals surface area contributed by atoms with E-state index in [0.717, 1.165) is 24.1 Å². The molecule has 42 heavy (non-hydrogen) atoms. The van der Waals surface area contributed by atoms with Gasteiger partial charge in [0.15, 0.2) is 5.92 Å². The van der Waals surface area contributed by atoms with Crippen molar-refractivity contribution >= 4 is 23.5 Å². The van der Waals surface area contributed by atoms with Gasteiger partial charge in [-0.25, -0.2) is 4.39 Å². The van der Waals surface area contributed by atoms with Crippen LogP contribution in [0.25, 0.3) is 0 Å². The maximum Gasteiger partial charge on any atom is 0.317 e. The molecule has 8 heteroatoms. The van der Waals surface area contributed by atoms with Crippen LogP contribution in [0.4, 0.5) is 10.1 Å². The van der Waals surface area contributed by atoms with E-state index < -0.39 is 29.5 Å². The zero-order chi connectivity index (χ0) is 30.3. The lowest BCUT2D eigenvalue weighted by Gasteiger charge is -2.56. The fourth-order valence-electron chi connectivity index (χ4n) is 6.00. The minimum absolute atomic E-state index is 0.0132. The number of nitrogens with zero attached hydrogens (tertiary/aromatic N) is 1. The summed E-state index contributed by atoms with van der Waals surface area (Å²) in [5, 5.41) is 29.0. The van der Waals surface area contributed by atoms with Crippen LogP contribution in [-0.2, 0) is 20.8 Å². The highest BCUT2D eigenvalue weighted by molar-refractivity contribution is 6.06. The maximum atomic E-state index is 13.6. The van der Waals surface area contributed by atoms with Crippen LogP contribution in [-0.4, -0.2) is 38.7 Å². The van der Waals surface area contributed by atoms with Crippen molar-refractivity contribution < 1.29 is 34.1 Å². The average molecular weight is 576 g/mol. The highest BCUT2D eigenvalue weighted by Gasteiger charge is 2.58. The molecule has 0 saturated carbocycles. The Morgan fingerprint density at radius 3 is 2.36 bits per heavy atom. The second kappa shape index (κ2) is 13.7. The normalized spacial score (nSPS) is 20.7. The number of carboxylic acids is 2. The zero-order valence-corrected chi connectivity index (χ0v) is 23.8. The van der Waals surface area contributed by atoms with Crippen molar-refractivity contribution in [3.8, 4) is 0 Å². The summed E-state index contributed by atoms with van der Waals surface area (Å²) in [4.78, 5) is 37.9. The lowest BCUT2D eigenvalue weighted by molar-refractivity contribution is -0.154. The van der Waals surface area contributed by atoms with Gasteiger partial charge >= 0.3 is 11.9 Å². The number of amides is 1. The lowest BCUT2D eigenvalue weighted by atomic mass is 9.67. The molecular weight excluding hydrogens is 537 g/mol. The van der Waals surface area contributed by atoms with Gasteiger partial charge < -0.3 is 20.2 Å². The SMILES string of the molecule is CCCc1ccc(N2C(=O)[C@H](CC[C@H](O)c3ccc(F)cc3)[C@]23C=CC=C(CCCC(C(=O)O)C(=O)O)C=CC3)cc1. The van der Waals surface area contributed by atoms with Crippen molar-refractivity contribution in [3.05, 3.63) is 101 Å². The summed E-state index contributed by atoms with van der Waals surface area (Å²) >= 11 is 0. The number of benzene rings is 2. The minimum Gasteiger partial charge on any atom is -0.481 e. The van der Waals surface area contributed by atoms with Crippen LogP contribution in [0.15, 0.2) is 84.5 Å². The largest absolute Gasteiger partial charge is 0.481 e. The number of anilines is 1. The lowest BCUT2D eigenvalue weighted by Crippen LogP contribution is -2.70. The van der Waals surface area contributed by atoms with Gasteiger partial charge in [0.05, 0.1) is 17.6 Å². The van der Waals surface area contributed by atoms with E-state index in [1.54, 1.807) is 12.1 Å². The summed E-state index contributed by atoms with van der Waals surface area (Å²) in [5.41, 5.74) is 2.93. The van der Waals surface area contributed by atoms with Gasteiger partial charge in [0, 0.05) is 5.69 Å². The fraction of sp³-hybridized carbons (Fsp3) is 0.382.